The van der Waals surface area contributed by atoms with Crippen LogP contribution in [-0.2, 0) is 4.79 Å². The quantitative estimate of drug-likeness (QED) is 0.547. The number of benzene rings is 3. The van der Waals surface area contributed by atoms with E-state index in [1.165, 1.54) is 0 Å². The van der Waals surface area contributed by atoms with Crippen LogP contribution in [0, 0.1) is 11.3 Å². The van der Waals surface area contributed by atoms with Crippen LogP contribution in [0.15, 0.2) is 83.8 Å². The molecule has 162 valence electrons. The number of carbonyl (C=O) groups is 3. The summed E-state index contributed by atoms with van der Waals surface area (Å²) in [6.45, 7) is 0.184. The van der Waals surface area contributed by atoms with Crippen LogP contribution in [0.2, 0.25) is 0 Å². The van der Waals surface area contributed by atoms with Crippen LogP contribution in [0.1, 0.15) is 21.5 Å². The summed E-state index contributed by atoms with van der Waals surface area (Å²) in [4.78, 5) is 39.3. The van der Waals surface area contributed by atoms with E-state index < -0.39 is 0 Å². The van der Waals surface area contributed by atoms with Gasteiger partial charge in [-0.1, -0.05) is 66.7 Å². The molecule has 0 aromatic heterocycles. The number of nitrogens with one attached hydrogen (secondary N) is 1. The fourth-order valence-electron chi connectivity index (χ4n) is 3.50. The van der Waals surface area contributed by atoms with Gasteiger partial charge in [0, 0.05) is 24.2 Å². The van der Waals surface area contributed by atoms with Gasteiger partial charge in [-0.25, -0.2) is 0 Å². The van der Waals surface area contributed by atoms with Crippen LogP contribution in [0.4, 0.5) is 4.79 Å². The highest BCUT2D eigenvalue weighted by molar-refractivity contribution is 8.18. The van der Waals surface area contributed by atoms with Crippen molar-refractivity contribution in [3.05, 3.63) is 100 Å². The molecule has 0 saturated carbocycles. The summed E-state index contributed by atoms with van der Waals surface area (Å²) in [6.07, 6.45) is 1.69. The van der Waals surface area contributed by atoms with E-state index in [1.54, 1.807) is 48.5 Å². The molecule has 1 aliphatic heterocycles. The SMILES string of the molecule is N#Cc1ccccc1-c1ccccc1C(=O)NCCN1C(=O)S/C(=C\c2ccccc2)C1=O. The molecule has 33 heavy (non-hydrogen) atoms. The van der Waals surface area contributed by atoms with Crippen molar-refractivity contribution in [3.8, 4) is 17.2 Å². The highest BCUT2D eigenvalue weighted by Crippen LogP contribution is 2.32. The van der Waals surface area contributed by atoms with Crippen molar-refractivity contribution in [2.24, 2.45) is 0 Å². The van der Waals surface area contributed by atoms with E-state index >= 15 is 0 Å². The maximum absolute atomic E-state index is 12.9. The fraction of sp³-hybridized carbons (Fsp3) is 0.0769. The predicted molar refractivity (Wildman–Crippen MR) is 128 cm³/mol. The lowest BCUT2D eigenvalue weighted by Crippen LogP contribution is -2.37. The van der Waals surface area contributed by atoms with Crippen molar-refractivity contribution in [2.75, 3.05) is 13.1 Å². The van der Waals surface area contributed by atoms with Crippen molar-refractivity contribution in [1.82, 2.24) is 10.2 Å². The lowest BCUT2D eigenvalue weighted by atomic mass is 9.95. The molecule has 1 fully saturated rings. The van der Waals surface area contributed by atoms with Crippen LogP contribution in [-0.4, -0.2) is 35.0 Å². The van der Waals surface area contributed by atoms with Crippen molar-refractivity contribution in [3.63, 3.8) is 0 Å². The number of carbonyl (C=O) groups excluding carboxylic acids is 3. The zero-order valence-electron chi connectivity index (χ0n) is 17.5. The maximum Gasteiger partial charge on any atom is 0.293 e. The summed E-state index contributed by atoms with van der Waals surface area (Å²) in [5, 5.41) is 11.8. The van der Waals surface area contributed by atoms with Gasteiger partial charge in [0.1, 0.15) is 0 Å². The monoisotopic (exact) mass is 453 g/mol. The second-order valence-corrected chi connectivity index (χ2v) is 8.20. The van der Waals surface area contributed by atoms with Gasteiger partial charge in [-0.2, -0.15) is 5.26 Å². The molecule has 4 rings (SSSR count). The average Bonchev–Trinajstić information content (AvgIpc) is 3.11. The number of nitrogens with zero attached hydrogens (tertiary/aromatic N) is 2. The van der Waals surface area contributed by atoms with Crippen molar-refractivity contribution >= 4 is 34.9 Å². The summed E-state index contributed by atoms with van der Waals surface area (Å²) >= 11 is 0.891. The molecule has 3 aromatic carbocycles. The van der Waals surface area contributed by atoms with Crippen molar-refractivity contribution in [2.45, 2.75) is 0 Å². The summed E-state index contributed by atoms with van der Waals surface area (Å²) in [7, 11) is 0. The Kier molecular flexibility index (Phi) is 6.67. The second kappa shape index (κ2) is 9.98. The number of hydrogen-bond donors (Lipinski definition) is 1. The molecule has 7 heteroatoms. The second-order valence-electron chi connectivity index (χ2n) is 7.20. The third kappa shape index (κ3) is 4.86. The number of rotatable bonds is 6. The molecule has 1 aliphatic rings. The van der Waals surface area contributed by atoms with Gasteiger partial charge in [-0.15, -0.1) is 0 Å². The van der Waals surface area contributed by atoms with E-state index in [0.29, 0.717) is 27.2 Å². The van der Waals surface area contributed by atoms with Gasteiger partial charge in [-0.05, 0) is 41.1 Å². The lowest BCUT2D eigenvalue weighted by Gasteiger charge is -2.14. The zero-order valence-corrected chi connectivity index (χ0v) is 18.3. The first kappa shape index (κ1) is 22.1. The Labute approximate surface area is 195 Å². The van der Waals surface area contributed by atoms with Gasteiger partial charge in [0.15, 0.2) is 0 Å². The largest absolute Gasteiger partial charge is 0.350 e. The van der Waals surface area contributed by atoms with Gasteiger partial charge < -0.3 is 5.32 Å². The highest BCUT2D eigenvalue weighted by Gasteiger charge is 2.34. The molecule has 6 nitrogen and oxygen atoms in total. The lowest BCUT2D eigenvalue weighted by molar-refractivity contribution is -0.122. The molecule has 1 heterocycles. The number of amides is 3. The molecule has 0 unspecified atom stereocenters. The Balaban J connectivity index is 1.44. The normalized spacial score (nSPS) is 14.4. The molecule has 3 amide bonds. The van der Waals surface area contributed by atoms with Crippen molar-refractivity contribution < 1.29 is 14.4 Å². The first-order chi connectivity index (χ1) is 16.1. The third-order valence-electron chi connectivity index (χ3n) is 5.10. The van der Waals surface area contributed by atoms with E-state index in [0.717, 1.165) is 22.2 Å². The standard InChI is InChI=1S/C26H19N3O3S/c27-17-19-10-4-5-11-20(19)21-12-6-7-13-22(21)24(30)28-14-15-29-25(31)23(33-26(29)32)16-18-8-2-1-3-9-18/h1-13,16H,14-15H2,(H,28,30)/b23-16-. The number of nitriles is 1. The predicted octanol–water partition coefficient (Wildman–Crippen LogP) is 4.69. The first-order valence-electron chi connectivity index (χ1n) is 10.3. The molecule has 1 N–H and O–H groups in total. The average molecular weight is 454 g/mol. The zero-order chi connectivity index (χ0) is 23.2. The molecule has 0 aliphatic carbocycles. The van der Waals surface area contributed by atoms with Crippen molar-refractivity contribution in [1.29, 1.82) is 5.26 Å². The van der Waals surface area contributed by atoms with E-state index in [-0.39, 0.29) is 30.1 Å². The Morgan fingerprint density at radius 2 is 1.61 bits per heavy atom. The molecule has 0 bridgehead atoms. The van der Waals surface area contributed by atoms with E-state index in [4.69, 9.17) is 0 Å². The molecule has 0 spiro atoms. The Morgan fingerprint density at radius 1 is 0.939 bits per heavy atom. The van der Waals surface area contributed by atoms with Crippen LogP contribution >= 0.6 is 11.8 Å². The first-order valence-corrected chi connectivity index (χ1v) is 11.1. The molecule has 0 atom stereocenters. The van der Waals surface area contributed by atoms with Gasteiger partial charge >= 0.3 is 0 Å². The molecular weight excluding hydrogens is 434 g/mol. The Bertz CT molecular complexity index is 1300. The van der Waals surface area contributed by atoms with Crippen LogP contribution in [0.5, 0.6) is 0 Å². The van der Waals surface area contributed by atoms with Crippen LogP contribution < -0.4 is 5.32 Å². The molecular formula is C26H19N3O3S. The van der Waals surface area contributed by atoms with Crippen LogP contribution in [0.25, 0.3) is 17.2 Å². The topological polar surface area (TPSA) is 90.3 Å². The molecule has 1 saturated heterocycles. The van der Waals surface area contributed by atoms with Gasteiger partial charge in [0.2, 0.25) is 0 Å². The van der Waals surface area contributed by atoms with E-state index in [2.05, 4.69) is 11.4 Å². The van der Waals surface area contributed by atoms with E-state index in [1.807, 2.05) is 36.4 Å². The number of hydrogen-bond acceptors (Lipinski definition) is 5. The van der Waals surface area contributed by atoms with Gasteiger partial charge in [-0.3, -0.25) is 19.3 Å². The summed E-state index contributed by atoms with van der Waals surface area (Å²) < 4.78 is 0. The molecule has 0 radical (unpaired) electrons. The Hall–Kier alpha value is -4.15. The number of thioether (sulfide) groups is 1. The summed E-state index contributed by atoms with van der Waals surface area (Å²) in [5.41, 5.74) is 3.04. The fourth-order valence-corrected chi connectivity index (χ4v) is 4.37. The Morgan fingerprint density at radius 3 is 2.36 bits per heavy atom. The maximum atomic E-state index is 12.9. The summed E-state index contributed by atoms with van der Waals surface area (Å²) in [6, 6.07) is 25.6. The van der Waals surface area contributed by atoms with Gasteiger partial charge in [0.05, 0.1) is 16.5 Å². The van der Waals surface area contributed by atoms with E-state index in [9.17, 15) is 19.6 Å². The van der Waals surface area contributed by atoms with Crippen LogP contribution in [0.3, 0.4) is 0 Å². The summed E-state index contributed by atoms with van der Waals surface area (Å²) in [5.74, 6) is -0.711. The minimum atomic E-state index is -0.369. The minimum Gasteiger partial charge on any atom is -0.350 e. The number of imide groups is 1. The highest BCUT2D eigenvalue weighted by atomic mass is 32.2. The molecule has 3 aromatic rings. The third-order valence-corrected chi connectivity index (χ3v) is 6.01. The van der Waals surface area contributed by atoms with Gasteiger partial charge in [0.25, 0.3) is 17.1 Å². The smallest absolute Gasteiger partial charge is 0.293 e. The minimum absolute atomic E-state index is 0.0689.